The van der Waals surface area contributed by atoms with Gasteiger partial charge in [0.1, 0.15) is 0 Å². The van der Waals surface area contributed by atoms with Gasteiger partial charge in [-0.15, -0.1) is 11.3 Å². The van der Waals surface area contributed by atoms with Crippen LogP contribution in [0.15, 0.2) is 11.4 Å². The Balaban J connectivity index is 2.24. The van der Waals surface area contributed by atoms with E-state index in [1.165, 1.54) is 4.88 Å². The third kappa shape index (κ3) is 3.28. The minimum absolute atomic E-state index is 0.227. The summed E-state index contributed by atoms with van der Waals surface area (Å²) in [6.45, 7) is 2.31. The molecule has 12 heavy (non-hydrogen) atoms. The van der Waals surface area contributed by atoms with Crippen LogP contribution in [0.25, 0.3) is 0 Å². The number of nitrogens with one attached hydrogen (secondary N) is 1. The Morgan fingerprint density at radius 3 is 2.83 bits per heavy atom. The average Bonchev–Trinajstić information content (AvgIpc) is 2.35. The van der Waals surface area contributed by atoms with Gasteiger partial charge in [-0.1, -0.05) is 0 Å². The van der Waals surface area contributed by atoms with E-state index in [9.17, 15) is 8.78 Å². The predicted molar refractivity (Wildman–Crippen MR) is 46.8 cm³/mol. The quantitative estimate of drug-likeness (QED) is 0.770. The fourth-order valence-electron chi connectivity index (χ4n) is 0.916. The van der Waals surface area contributed by atoms with E-state index in [1.807, 2.05) is 18.4 Å². The summed E-state index contributed by atoms with van der Waals surface area (Å²) in [5.41, 5.74) is 1.08. The zero-order chi connectivity index (χ0) is 8.97. The molecule has 0 saturated heterocycles. The van der Waals surface area contributed by atoms with Crippen molar-refractivity contribution in [2.45, 2.75) is 19.9 Å². The maximum atomic E-state index is 11.7. The number of rotatable bonds is 4. The third-order valence-corrected chi connectivity index (χ3v) is 2.32. The Kier molecular flexibility index (Phi) is 3.62. The van der Waals surface area contributed by atoms with Crippen molar-refractivity contribution in [3.05, 3.63) is 21.9 Å². The van der Waals surface area contributed by atoms with Gasteiger partial charge in [0.25, 0.3) is 6.43 Å². The molecule has 4 heteroatoms. The smallest absolute Gasteiger partial charge is 0.250 e. The lowest BCUT2D eigenvalue weighted by Crippen LogP contribution is -2.20. The van der Waals surface area contributed by atoms with Crippen LogP contribution >= 0.6 is 11.3 Å². The highest BCUT2D eigenvalue weighted by molar-refractivity contribution is 7.10. The standard InChI is InChI=1S/C8H11F2NS/c1-6-2-7(5-12-6)3-11-4-8(9)10/h2,5,8,11H,3-4H2,1H3. The second-order valence-corrected chi connectivity index (χ2v) is 3.70. The molecule has 0 aliphatic heterocycles. The third-order valence-electron chi connectivity index (χ3n) is 1.41. The summed E-state index contributed by atoms with van der Waals surface area (Å²) in [4.78, 5) is 1.21. The molecule has 0 saturated carbocycles. The van der Waals surface area contributed by atoms with Gasteiger partial charge in [-0.2, -0.15) is 0 Å². The van der Waals surface area contributed by atoms with Crippen molar-refractivity contribution < 1.29 is 8.78 Å². The van der Waals surface area contributed by atoms with Crippen LogP contribution in [0, 0.1) is 6.92 Å². The minimum atomic E-state index is -2.26. The van der Waals surface area contributed by atoms with Crippen LogP contribution in [0.3, 0.4) is 0 Å². The number of hydrogen-bond acceptors (Lipinski definition) is 2. The normalized spacial score (nSPS) is 11.0. The summed E-state index contributed by atoms with van der Waals surface area (Å²) < 4.78 is 23.4. The first kappa shape index (κ1) is 9.61. The molecular weight excluding hydrogens is 180 g/mol. The van der Waals surface area contributed by atoms with E-state index < -0.39 is 6.43 Å². The van der Waals surface area contributed by atoms with E-state index in [4.69, 9.17) is 0 Å². The van der Waals surface area contributed by atoms with Crippen LogP contribution in [-0.2, 0) is 6.54 Å². The summed E-state index contributed by atoms with van der Waals surface area (Å²) >= 11 is 1.64. The van der Waals surface area contributed by atoms with E-state index in [1.54, 1.807) is 11.3 Å². The van der Waals surface area contributed by atoms with Crippen LogP contribution in [0.5, 0.6) is 0 Å². The number of aryl methyl sites for hydroxylation is 1. The molecule has 0 radical (unpaired) electrons. The highest BCUT2D eigenvalue weighted by Gasteiger charge is 2.01. The lowest BCUT2D eigenvalue weighted by Gasteiger charge is -2.00. The number of halogens is 2. The summed E-state index contributed by atoms with van der Waals surface area (Å²) in [5, 5.41) is 4.65. The summed E-state index contributed by atoms with van der Waals surface area (Å²) in [7, 11) is 0. The Hall–Kier alpha value is -0.480. The van der Waals surface area contributed by atoms with Crippen molar-refractivity contribution in [2.24, 2.45) is 0 Å². The maximum absolute atomic E-state index is 11.7. The molecule has 0 atom stereocenters. The van der Waals surface area contributed by atoms with Crippen LogP contribution in [0.2, 0.25) is 0 Å². The molecular formula is C8H11F2NS. The average molecular weight is 191 g/mol. The molecule has 0 aliphatic carbocycles. The van der Waals surface area contributed by atoms with Gasteiger partial charge in [-0.25, -0.2) is 8.78 Å². The zero-order valence-electron chi connectivity index (χ0n) is 6.81. The Labute approximate surface area is 74.4 Å². The number of hydrogen-bond donors (Lipinski definition) is 1. The second-order valence-electron chi connectivity index (χ2n) is 2.59. The lowest BCUT2D eigenvalue weighted by molar-refractivity contribution is 0.145. The van der Waals surface area contributed by atoms with Crippen molar-refractivity contribution in [1.29, 1.82) is 0 Å². The van der Waals surface area contributed by atoms with Gasteiger partial charge in [0.15, 0.2) is 0 Å². The van der Waals surface area contributed by atoms with E-state index in [2.05, 4.69) is 5.32 Å². The van der Waals surface area contributed by atoms with E-state index >= 15 is 0 Å². The Morgan fingerprint density at radius 1 is 1.58 bits per heavy atom. The van der Waals surface area contributed by atoms with Gasteiger partial charge in [0, 0.05) is 11.4 Å². The maximum Gasteiger partial charge on any atom is 0.250 e. The van der Waals surface area contributed by atoms with Crippen LogP contribution in [0.4, 0.5) is 8.78 Å². The van der Waals surface area contributed by atoms with Crippen molar-refractivity contribution in [3.8, 4) is 0 Å². The number of thiophene rings is 1. The fourth-order valence-corrected chi connectivity index (χ4v) is 1.62. The van der Waals surface area contributed by atoms with Crippen molar-refractivity contribution >= 4 is 11.3 Å². The second kappa shape index (κ2) is 4.52. The molecule has 1 rings (SSSR count). The molecule has 0 amide bonds. The molecule has 0 spiro atoms. The first-order valence-electron chi connectivity index (χ1n) is 3.71. The molecule has 0 fully saturated rings. The zero-order valence-corrected chi connectivity index (χ0v) is 7.63. The first-order valence-corrected chi connectivity index (χ1v) is 4.59. The molecule has 1 aromatic heterocycles. The van der Waals surface area contributed by atoms with Gasteiger partial charge in [-0.05, 0) is 23.9 Å². The van der Waals surface area contributed by atoms with Gasteiger partial charge in [-0.3, -0.25) is 0 Å². The molecule has 68 valence electrons. The molecule has 0 aliphatic rings. The largest absolute Gasteiger partial charge is 0.307 e. The van der Waals surface area contributed by atoms with Crippen molar-refractivity contribution in [3.63, 3.8) is 0 Å². The minimum Gasteiger partial charge on any atom is -0.307 e. The van der Waals surface area contributed by atoms with Gasteiger partial charge >= 0.3 is 0 Å². The summed E-state index contributed by atoms with van der Waals surface area (Å²) in [6, 6.07) is 2.00. The van der Waals surface area contributed by atoms with E-state index in [0.29, 0.717) is 6.54 Å². The highest BCUT2D eigenvalue weighted by Crippen LogP contribution is 2.12. The van der Waals surface area contributed by atoms with Gasteiger partial charge in [0.05, 0.1) is 6.54 Å². The van der Waals surface area contributed by atoms with E-state index in [0.717, 1.165) is 5.56 Å². The molecule has 1 heterocycles. The topological polar surface area (TPSA) is 12.0 Å². The van der Waals surface area contributed by atoms with Crippen LogP contribution in [0.1, 0.15) is 10.4 Å². The summed E-state index contributed by atoms with van der Waals surface area (Å²) in [6.07, 6.45) is -2.26. The van der Waals surface area contributed by atoms with Gasteiger partial charge in [0.2, 0.25) is 0 Å². The molecule has 0 bridgehead atoms. The molecule has 1 aromatic rings. The Bertz CT molecular complexity index is 235. The Morgan fingerprint density at radius 2 is 2.33 bits per heavy atom. The van der Waals surface area contributed by atoms with Gasteiger partial charge < -0.3 is 5.32 Å². The predicted octanol–water partition coefficient (Wildman–Crippen LogP) is 2.41. The highest BCUT2D eigenvalue weighted by atomic mass is 32.1. The lowest BCUT2D eigenvalue weighted by atomic mass is 10.3. The fraction of sp³-hybridized carbons (Fsp3) is 0.500. The van der Waals surface area contributed by atoms with Crippen molar-refractivity contribution in [2.75, 3.05) is 6.54 Å². The van der Waals surface area contributed by atoms with E-state index in [-0.39, 0.29) is 6.54 Å². The molecule has 1 nitrogen and oxygen atoms in total. The van der Waals surface area contributed by atoms with Crippen LogP contribution < -0.4 is 5.32 Å². The molecule has 0 aromatic carbocycles. The van der Waals surface area contributed by atoms with Crippen LogP contribution in [-0.4, -0.2) is 13.0 Å². The summed E-state index contributed by atoms with van der Waals surface area (Å²) in [5.74, 6) is 0. The van der Waals surface area contributed by atoms with Crippen molar-refractivity contribution in [1.82, 2.24) is 5.32 Å². The monoisotopic (exact) mass is 191 g/mol. The SMILES string of the molecule is Cc1cc(CNCC(F)F)cs1. The molecule has 1 N–H and O–H groups in total. The first-order chi connectivity index (χ1) is 5.68. The molecule has 0 unspecified atom stereocenters. The number of alkyl halides is 2.